The van der Waals surface area contributed by atoms with Crippen LogP contribution in [0.25, 0.3) is 22.3 Å². The largest absolute Gasteiger partial charge is 0.508 e. The molecule has 0 bridgehead atoms. The molecule has 216 valence electrons. The van der Waals surface area contributed by atoms with Gasteiger partial charge in [0, 0.05) is 17.7 Å². The second-order valence-corrected chi connectivity index (χ2v) is 9.38. The molecule has 3 heterocycles. The summed E-state index contributed by atoms with van der Waals surface area (Å²) in [7, 11) is 1.22. The van der Waals surface area contributed by atoms with E-state index in [-0.39, 0.29) is 47.2 Å². The van der Waals surface area contributed by atoms with Gasteiger partial charge in [0.2, 0.25) is 12.0 Å². The number of hydrogen-bond acceptors (Lipinski definition) is 14. The van der Waals surface area contributed by atoms with Crippen LogP contribution in [-0.4, -0.2) is 105 Å². The first-order valence-electron chi connectivity index (χ1n) is 12.2. The molecule has 8 atom stereocenters. The molecule has 0 amide bonds. The summed E-state index contributed by atoms with van der Waals surface area (Å²) in [5.41, 5.74) is -0.223. The number of phenolic OH excluding ortho intramolecular Hbond substituents is 2. The number of phenols is 2. The van der Waals surface area contributed by atoms with E-state index in [0.29, 0.717) is 5.56 Å². The molecule has 2 aliphatic rings. The molecule has 0 saturated carbocycles. The van der Waals surface area contributed by atoms with Crippen LogP contribution in [0.4, 0.5) is 0 Å². The first-order chi connectivity index (χ1) is 19.1. The second-order valence-electron chi connectivity index (χ2n) is 9.38. The van der Waals surface area contributed by atoms with Crippen LogP contribution in [0.2, 0.25) is 0 Å². The van der Waals surface area contributed by atoms with Gasteiger partial charge in [0.15, 0.2) is 29.3 Å². The molecule has 40 heavy (non-hydrogen) atoms. The maximum absolute atomic E-state index is 12.9. The van der Waals surface area contributed by atoms with Crippen molar-refractivity contribution < 1.29 is 63.8 Å². The number of rotatable bonds is 6. The molecule has 1 aromatic heterocycles. The quantitative estimate of drug-likeness (QED) is 0.194. The number of aromatic hydroxyl groups is 2. The van der Waals surface area contributed by atoms with E-state index in [1.54, 1.807) is 0 Å². The van der Waals surface area contributed by atoms with Gasteiger partial charge in [-0.1, -0.05) is 0 Å². The van der Waals surface area contributed by atoms with Crippen molar-refractivity contribution in [3.8, 4) is 34.3 Å². The van der Waals surface area contributed by atoms with Crippen molar-refractivity contribution in [3.63, 3.8) is 0 Å². The van der Waals surface area contributed by atoms with E-state index < -0.39 is 60.4 Å². The first kappa shape index (κ1) is 28.1. The predicted molar refractivity (Wildman–Crippen MR) is 133 cm³/mol. The highest BCUT2D eigenvalue weighted by molar-refractivity contribution is 5.89. The van der Waals surface area contributed by atoms with Crippen LogP contribution in [0.5, 0.6) is 23.0 Å². The SMILES string of the molecule is COc1c(OC2OCC(O)C(O)C2OC2OCC(O)C(O)C2O)cc2oc(-c3ccc(O)cc3)cc(=O)c2c1O. The van der Waals surface area contributed by atoms with Gasteiger partial charge < -0.3 is 63.8 Å². The third kappa shape index (κ3) is 5.18. The molecule has 5 rings (SSSR count). The Labute approximate surface area is 225 Å². The molecule has 7 N–H and O–H groups in total. The van der Waals surface area contributed by atoms with E-state index in [2.05, 4.69) is 0 Å². The smallest absolute Gasteiger partial charge is 0.229 e. The van der Waals surface area contributed by atoms with Crippen molar-refractivity contribution in [3.05, 3.63) is 46.6 Å². The number of ether oxygens (including phenoxy) is 5. The highest BCUT2D eigenvalue weighted by Gasteiger charge is 2.47. The zero-order valence-corrected chi connectivity index (χ0v) is 21.0. The van der Waals surface area contributed by atoms with Gasteiger partial charge >= 0.3 is 0 Å². The third-order valence-electron chi connectivity index (χ3n) is 6.69. The molecule has 2 aliphatic heterocycles. The summed E-state index contributed by atoms with van der Waals surface area (Å²) >= 11 is 0. The van der Waals surface area contributed by atoms with Crippen LogP contribution in [0, 0.1) is 0 Å². The minimum atomic E-state index is -1.71. The number of fused-ring (bicyclic) bond motifs is 1. The Morgan fingerprint density at radius 3 is 2.17 bits per heavy atom. The number of methoxy groups -OCH3 is 1. The van der Waals surface area contributed by atoms with Crippen molar-refractivity contribution in [2.45, 2.75) is 49.2 Å². The van der Waals surface area contributed by atoms with Gasteiger partial charge in [0.1, 0.15) is 53.0 Å². The zero-order chi connectivity index (χ0) is 28.7. The molecule has 2 aromatic carbocycles. The lowest BCUT2D eigenvalue weighted by molar-refractivity contribution is -0.332. The van der Waals surface area contributed by atoms with Gasteiger partial charge in [-0.3, -0.25) is 4.79 Å². The van der Waals surface area contributed by atoms with Crippen LogP contribution < -0.4 is 14.9 Å². The van der Waals surface area contributed by atoms with Crippen molar-refractivity contribution in [2.24, 2.45) is 0 Å². The number of aliphatic hydroxyl groups excluding tert-OH is 5. The Hall–Kier alpha value is -3.47. The monoisotopic (exact) mass is 564 g/mol. The summed E-state index contributed by atoms with van der Waals surface area (Å²) < 4.78 is 33.4. The van der Waals surface area contributed by atoms with Gasteiger partial charge in [0.25, 0.3) is 0 Å². The number of hydrogen-bond donors (Lipinski definition) is 7. The van der Waals surface area contributed by atoms with E-state index in [4.69, 9.17) is 28.1 Å². The molecule has 0 radical (unpaired) electrons. The minimum Gasteiger partial charge on any atom is -0.508 e. The van der Waals surface area contributed by atoms with Crippen LogP contribution in [0.15, 0.2) is 45.6 Å². The minimum absolute atomic E-state index is 0.0124. The van der Waals surface area contributed by atoms with Gasteiger partial charge in [0.05, 0.1) is 20.3 Å². The van der Waals surface area contributed by atoms with Gasteiger partial charge in [-0.05, 0) is 24.3 Å². The molecular formula is C26H28O14. The highest BCUT2D eigenvalue weighted by atomic mass is 16.7. The average Bonchev–Trinajstić information content (AvgIpc) is 2.92. The van der Waals surface area contributed by atoms with Crippen LogP contribution in [-0.2, 0) is 14.2 Å². The summed E-state index contributed by atoms with van der Waals surface area (Å²) in [6.07, 6.45) is -12.2. The van der Waals surface area contributed by atoms with Gasteiger partial charge in [-0.15, -0.1) is 0 Å². The van der Waals surface area contributed by atoms with E-state index in [0.717, 1.165) is 0 Å². The van der Waals surface area contributed by atoms with Crippen molar-refractivity contribution >= 4 is 11.0 Å². The fourth-order valence-corrected chi connectivity index (χ4v) is 4.51. The van der Waals surface area contributed by atoms with Crippen LogP contribution >= 0.6 is 0 Å². The topological polar surface area (TPSA) is 218 Å². The lowest BCUT2D eigenvalue weighted by Crippen LogP contribution is -2.61. The normalized spacial score (nSPS) is 30.8. The van der Waals surface area contributed by atoms with E-state index >= 15 is 0 Å². The van der Waals surface area contributed by atoms with Crippen LogP contribution in [0.3, 0.4) is 0 Å². The number of benzene rings is 2. The Bertz CT molecular complexity index is 1410. The van der Waals surface area contributed by atoms with Gasteiger partial charge in [-0.25, -0.2) is 0 Å². The standard InChI is InChI=1S/C26H28O14/c1-35-23-17(7-16-18(21(23)33)12(28)6-15(38-16)10-2-4-11(27)5-3-10)39-26-24(20(32)14(30)9-37-26)40-25-22(34)19(31)13(29)8-36-25/h2-7,13-14,19-20,22,24-27,29-34H,8-9H2,1H3. The maximum atomic E-state index is 12.9. The molecular weight excluding hydrogens is 536 g/mol. The highest BCUT2D eigenvalue weighted by Crippen LogP contribution is 2.43. The summed E-state index contributed by atoms with van der Waals surface area (Å²) in [5, 5.41) is 71.0. The van der Waals surface area contributed by atoms with Gasteiger partial charge in [-0.2, -0.15) is 0 Å². The lowest BCUT2D eigenvalue weighted by atomic mass is 10.0. The Balaban J connectivity index is 1.50. The molecule has 8 unspecified atom stereocenters. The summed E-state index contributed by atoms with van der Waals surface area (Å²) in [5.74, 6) is -0.920. The molecule has 14 heteroatoms. The fourth-order valence-electron chi connectivity index (χ4n) is 4.51. The molecule has 2 saturated heterocycles. The Morgan fingerprint density at radius 2 is 1.50 bits per heavy atom. The summed E-state index contributed by atoms with van der Waals surface area (Å²) in [4.78, 5) is 12.9. The molecule has 3 aromatic rings. The number of aliphatic hydroxyl groups is 5. The van der Waals surface area contributed by atoms with Crippen molar-refractivity contribution in [1.82, 2.24) is 0 Å². The lowest BCUT2D eigenvalue weighted by Gasteiger charge is -2.42. The van der Waals surface area contributed by atoms with Crippen molar-refractivity contribution in [1.29, 1.82) is 0 Å². The average molecular weight is 564 g/mol. The van der Waals surface area contributed by atoms with E-state index in [1.165, 1.54) is 43.5 Å². The van der Waals surface area contributed by atoms with E-state index in [1.807, 2.05) is 0 Å². The summed E-state index contributed by atoms with van der Waals surface area (Å²) in [6.45, 7) is -0.765. The maximum Gasteiger partial charge on any atom is 0.229 e. The van der Waals surface area contributed by atoms with Crippen molar-refractivity contribution in [2.75, 3.05) is 20.3 Å². The molecule has 0 aliphatic carbocycles. The second kappa shape index (κ2) is 11.2. The third-order valence-corrected chi connectivity index (χ3v) is 6.69. The van der Waals surface area contributed by atoms with E-state index in [9.17, 15) is 40.5 Å². The molecule has 0 spiro atoms. The Kier molecular flexibility index (Phi) is 7.85. The predicted octanol–water partition coefficient (Wildman–Crippen LogP) is -0.839. The summed E-state index contributed by atoms with van der Waals surface area (Å²) in [6, 6.07) is 8.30. The first-order valence-corrected chi connectivity index (χ1v) is 12.2. The Morgan fingerprint density at radius 1 is 0.850 bits per heavy atom. The fraction of sp³-hybridized carbons (Fsp3) is 0.423. The van der Waals surface area contributed by atoms with Crippen LogP contribution in [0.1, 0.15) is 0 Å². The molecule has 2 fully saturated rings. The molecule has 14 nitrogen and oxygen atoms in total. The zero-order valence-electron chi connectivity index (χ0n) is 21.0.